The second-order valence-electron chi connectivity index (χ2n) is 4.68. The van der Waals surface area contributed by atoms with E-state index >= 15 is 0 Å². The first-order valence-corrected chi connectivity index (χ1v) is 8.53. The Balaban J connectivity index is 5.66. The van der Waals surface area contributed by atoms with Crippen molar-refractivity contribution in [3.63, 3.8) is 0 Å². The molecule has 0 heterocycles. The van der Waals surface area contributed by atoms with Crippen molar-refractivity contribution in [2.75, 3.05) is 6.54 Å². The molecule has 0 aliphatic rings. The summed E-state index contributed by atoms with van der Waals surface area (Å²) < 4.78 is 140. The van der Waals surface area contributed by atoms with E-state index in [1.807, 2.05) is 4.74 Å². The first-order chi connectivity index (χ1) is 10.8. The average Bonchev–Trinajstić information content (AvgIpc) is 2.34. The molecule has 2 atom stereocenters. The highest BCUT2D eigenvalue weighted by molar-refractivity contribution is 6.48. The Morgan fingerprint density at radius 3 is 1.72 bits per heavy atom. The predicted molar refractivity (Wildman–Crippen MR) is 60.0 cm³/mol. The fourth-order valence-corrected chi connectivity index (χ4v) is 1.71. The number of rotatable bonds is 7. The van der Waals surface area contributed by atoms with Gasteiger partial charge in [0, 0.05) is 6.54 Å². The summed E-state index contributed by atoms with van der Waals surface area (Å²) in [4.78, 5) is 20.0. The highest BCUT2D eigenvalue weighted by Gasteiger charge is 2.79. The molecule has 0 bridgehead atoms. The molecule has 0 aromatic heterocycles. The van der Waals surface area contributed by atoms with Crippen LogP contribution in [-0.4, -0.2) is 56.5 Å². The molecule has 0 fully saturated rings. The van der Waals surface area contributed by atoms with Crippen molar-refractivity contribution in [2.45, 2.75) is 42.8 Å². The van der Waals surface area contributed by atoms with Crippen LogP contribution in [0, 0.1) is 0 Å². The SMILES string of the molecule is C[SiH](O)CCNC(=O)C(F)(OC(F)(F)C(F)(F)C(F)(F)F)C(F)(F)F. The van der Waals surface area contributed by atoms with E-state index in [9.17, 15) is 53.1 Å². The number of amides is 1. The van der Waals surface area contributed by atoms with Gasteiger partial charge in [-0.05, 0) is 12.6 Å². The van der Waals surface area contributed by atoms with Crippen molar-refractivity contribution in [2.24, 2.45) is 0 Å². The van der Waals surface area contributed by atoms with Gasteiger partial charge in [-0.15, -0.1) is 0 Å². The molecular formula is C9H10F11NO3Si. The van der Waals surface area contributed by atoms with Gasteiger partial charge < -0.3 is 10.1 Å². The fourth-order valence-electron chi connectivity index (χ4n) is 1.15. The summed E-state index contributed by atoms with van der Waals surface area (Å²) >= 11 is 0. The van der Waals surface area contributed by atoms with Crippen molar-refractivity contribution in [1.29, 1.82) is 0 Å². The van der Waals surface area contributed by atoms with Crippen LogP contribution in [0.15, 0.2) is 0 Å². The summed E-state index contributed by atoms with van der Waals surface area (Å²) in [5.41, 5.74) is 0. The van der Waals surface area contributed by atoms with Gasteiger partial charge >= 0.3 is 30.2 Å². The van der Waals surface area contributed by atoms with Crippen molar-refractivity contribution in [3.8, 4) is 0 Å². The van der Waals surface area contributed by atoms with Gasteiger partial charge in [-0.1, -0.05) is 0 Å². The first kappa shape index (κ1) is 23.8. The van der Waals surface area contributed by atoms with Crippen LogP contribution >= 0.6 is 0 Å². The van der Waals surface area contributed by atoms with Crippen LogP contribution in [0.2, 0.25) is 12.6 Å². The van der Waals surface area contributed by atoms with Gasteiger partial charge in [-0.2, -0.15) is 48.3 Å². The van der Waals surface area contributed by atoms with E-state index in [0.29, 0.717) is 0 Å². The van der Waals surface area contributed by atoms with E-state index in [-0.39, 0.29) is 6.04 Å². The molecule has 0 aliphatic heterocycles. The van der Waals surface area contributed by atoms with Gasteiger partial charge in [0.1, 0.15) is 0 Å². The quantitative estimate of drug-likeness (QED) is 0.495. The molecule has 0 saturated heterocycles. The zero-order valence-corrected chi connectivity index (χ0v) is 13.1. The number of nitrogens with one attached hydrogen (secondary N) is 1. The maximum Gasteiger partial charge on any atom is 0.462 e. The first-order valence-electron chi connectivity index (χ1n) is 6.04. The largest absolute Gasteiger partial charge is 0.462 e. The summed E-state index contributed by atoms with van der Waals surface area (Å²) in [5.74, 6) is -16.5. The molecule has 150 valence electrons. The van der Waals surface area contributed by atoms with Gasteiger partial charge in [0.15, 0.2) is 9.04 Å². The topological polar surface area (TPSA) is 58.6 Å². The zero-order chi connectivity index (χ0) is 20.5. The molecule has 0 aliphatic carbocycles. The van der Waals surface area contributed by atoms with Crippen LogP contribution in [0.4, 0.5) is 48.3 Å². The Bertz CT molecular complexity index is 478. The molecule has 2 N–H and O–H groups in total. The van der Waals surface area contributed by atoms with Crippen molar-refractivity contribution in [1.82, 2.24) is 5.32 Å². The molecule has 1 amide bonds. The second-order valence-corrected chi connectivity index (χ2v) is 6.95. The van der Waals surface area contributed by atoms with E-state index in [1.165, 1.54) is 6.55 Å². The van der Waals surface area contributed by atoms with E-state index in [2.05, 4.69) is 0 Å². The highest BCUT2D eigenvalue weighted by Crippen LogP contribution is 2.50. The number of hydrogen-bond acceptors (Lipinski definition) is 3. The minimum absolute atomic E-state index is 0.380. The Hall–Kier alpha value is -1.16. The summed E-state index contributed by atoms with van der Waals surface area (Å²) in [7, 11) is -2.49. The second kappa shape index (κ2) is 7.22. The summed E-state index contributed by atoms with van der Waals surface area (Å²) in [6.45, 7) is 0.308. The zero-order valence-electron chi connectivity index (χ0n) is 11.9. The molecule has 4 nitrogen and oxygen atoms in total. The van der Waals surface area contributed by atoms with E-state index in [0.717, 1.165) is 5.32 Å². The third-order valence-electron chi connectivity index (χ3n) is 2.49. The molecule has 0 spiro atoms. The van der Waals surface area contributed by atoms with Crippen LogP contribution in [-0.2, 0) is 9.53 Å². The summed E-state index contributed by atoms with van der Waals surface area (Å²) in [6, 6.07) is -0.380. The smallest absolute Gasteiger partial charge is 0.435 e. The van der Waals surface area contributed by atoms with Crippen molar-refractivity contribution < 1.29 is 62.6 Å². The van der Waals surface area contributed by atoms with E-state index in [4.69, 9.17) is 4.80 Å². The highest BCUT2D eigenvalue weighted by atomic mass is 28.3. The molecule has 0 radical (unpaired) electrons. The molecule has 0 aromatic carbocycles. The van der Waals surface area contributed by atoms with Crippen LogP contribution in [0.1, 0.15) is 0 Å². The Morgan fingerprint density at radius 1 is 0.960 bits per heavy atom. The van der Waals surface area contributed by atoms with Crippen molar-refractivity contribution >= 4 is 14.9 Å². The molecular weight excluding hydrogens is 407 g/mol. The maximum atomic E-state index is 13.6. The predicted octanol–water partition coefficient (Wildman–Crippen LogP) is 2.48. The minimum Gasteiger partial charge on any atom is -0.435 e. The number of carbonyl (C=O) groups excluding carboxylic acids is 1. The third kappa shape index (κ3) is 5.16. The van der Waals surface area contributed by atoms with Crippen LogP contribution in [0.5, 0.6) is 0 Å². The van der Waals surface area contributed by atoms with Crippen molar-refractivity contribution in [3.05, 3.63) is 0 Å². The number of alkyl halides is 11. The lowest BCUT2D eigenvalue weighted by molar-refractivity contribution is -0.472. The lowest BCUT2D eigenvalue weighted by Crippen LogP contribution is -2.63. The minimum atomic E-state index is -7.23. The lowest BCUT2D eigenvalue weighted by Gasteiger charge is -2.34. The Morgan fingerprint density at radius 2 is 1.40 bits per heavy atom. The number of carbonyl (C=O) groups is 1. The molecule has 25 heavy (non-hydrogen) atoms. The normalized spacial score (nSPS) is 17.8. The number of ether oxygens (including phenoxy) is 1. The van der Waals surface area contributed by atoms with Gasteiger partial charge in [-0.3, -0.25) is 9.53 Å². The average molecular weight is 417 g/mol. The fraction of sp³-hybridized carbons (Fsp3) is 0.889. The maximum absolute atomic E-state index is 13.6. The van der Waals surface area contributed by atoms with Gasteiger partial charge in [0.2, 0.25) is 0 Å². The number of halogens is 11. The Kier molecular flexibility index (Phi) is 6.88. The molecule has 0 aromatic rings. The summed E-state index contributed by atoms with van der Waals surface area (Å²) in [5, 5.41) is 1.03. The lowest BCUT2D eigenvalue weighted by atomic mass is 10.2. The third-order valence-corrected chi connectivity index (χ3v) is 3.62. The molecule has 16 heteroatoms. The standard InChI is InChI=1S/C9H10F11NO3Si/c1-25(23)3-2-21-4(22)5(10,7(13,14)15)24-9(19,20)6(11,12)8(16,17)18/h23,25H,2-3H2,1H3,(H,21,22). The summed E-state index contributed by atoms with van der Waals surface area (Å²) in [6.07, 6.45) is -20.9. The van der Waals surface area contributed by atoms with Crippen LogP contribution in [0.25, 0.3) is 0 Å². The van der Waals surface area contributed by atoms with Gasteiger partial charge in [0.05, 0.1) is 0 Å². The molecule has 0 rings (SSSR count). The van der Waals surface area contributed by atoms with E-state index in [1.54, 1.807) is 0 Å². The van der Waals surface area contributed by atoms with Gasteiger partial charge in [0.25, 0.3) is 5.91 Å². The van der Waals surface area contributed by atoms with E-state index < -0.39 is 51.7 Å². The van der Waals surface area contributed by atoms with Crippen LogP contribution in [0.3, 0.4) is 0 Å². The molecule has 0 saturated carbocycles. The Labute approximate surface area is 133 Å². The monoisotopic (exact) mass is 417 g/mol. The molecule has 2 unspecified atom stereocenters. The van der Waals surface area contributed by atoms with Crippen LogP contribution < -0.4 is 5.32 Å². The number of hydrogen-bond donors (Lipinski definition) is 2. The van der Waals surface area contributed by atoms with Gasteiger partial charge in [-0.25, -0.2) is 0 Å².